The van der Waals surface area contributed by atoms with Crippen LogP contribution in [0.5, 0.6) is 5.75 Å². The molecule has 4 heteroatoms. The number of unbranched alkanes of at least 4 members (excludes halogenated alkanes) is 1. The van der Waals surface area contributed by atoms with E-state index in [9.17, 15) is 4.79 Å². The lowest BCUT2D eigenvalue weighted by atomic mass is 10.0. The number of carbonyl (C=O) groups excluding carboxylic acids is 1. The van der Waals surface area contributed by atoms with Crippen LogP contribution >= 0.6 is 0 Å². The molecule has 96 valence electrons. The number of nitrogens with zero attached hydrogens (tertiary/aromatic N) is 1. The Morgan fingerprint density at radius 2 is 2.06 bits per heavy atom. The van der Waals surface area contributed by atoms with E-state index in [1.165, 1.54) is 0 Å². The summed E-state index contributed by atoms with van der Waals surface area (Å²) in [4.78, 5) is 11.0. The molecule has 4 nitrogen and oxygen atoms in total. The molecule has 2 rings (SSSR count). The summed E-state index contributed by atoms with van der Waals surface area (Å²) in [5, 5.41) is 4.06. The maximum Gasteiger partial charge on any atom is 0.240 e. The second-order valence-electron chi connectivity index (χ2n) is 4.32. The minimum atomic E-state index is -0.0155. The van der Waals surface area contributed by atoms with Crippen molar-refractivity contribution in [2.45, 2.75) is 32.6 Å². The van der Waals surface area contributed by atoms with Crippen LogP contribution in [0.4, 0.5) is 0 Å². The normalized spacial score (nSPS) is 14.9. The number of ether oxygens (including phenoxy) is 1. The van der Waals surface area contributed by atoms with Crippen molar-refractivity contribution < 1.29 is 9.53 Å². The van der Waals surface area contributed by atoms with Gasteiger partial charge in [-0.1, -0.05) is 13.3 Å². The lowest BCUT2D eigenvalue weighted by Gasteiger charge is -2.12. The smallest absolute Gasteiger partial charge is 0.240 e. The molecule has 0 aliphatic carbocycles. The maximum absolute atomic E-state index is 11.0. The van der Waals surface area contributed by atoms with Gasteiger partial charge in [0, 0.05) is 12.8 Å². The average molecular weight is 246 g/mol. The van der Waals surface area contributed by atoms with Crippen molar-refractivity contribution in [3.63, 3.8) is 0 Å². The third-order valence-electron chi connectivity index (χ3n) is 2.86. The Hall–Kier alpha value is -1.84. The predicted octanol–water partition coefficient (Wildman–Crippen LogP) is 2.48. The van der Waals surface area contributed by atoms with Gasteiger partial charge in [0.1, 0.15) is 5.75 Å². The zero-order valence-electron chi connectivity index (χ0n) is 10.6. The minimum absolute atomic E-state index is 0.0155. The summed E-state index contributed by atoms with van der Waals surface area (Å²) in [5.41, 5.74) is 4.47. The van der Waals surface area contributed by atoms with Gasteiger partial charge in [-0.15, -0.1) is 0 Å². The zero-order chi connectivity index (χ0) is 12.8. The number of carbonyl (C=O) groups is 1. The number of hydrazone groups is 1. The van der Waals surface area contributed by atoms with Crippen molar-refractivity contribution in [2.24, 2.45) is 5.10 Å². The summed E-state index contributed by atoms with van der Waals surface area (Å²) in [6.45, 7) is 2.90. The first-order valence-corrected chi connectivity index (χ1v) is 6.38. The first-order valence-electron chi connectivity index (χ1n) is 6.38. The van der Waals surface area contributed by atoms with Gasteiger partial charge in [0.05, 0.1) is 12.3 Å². The van der Waals surface area contributed by atoms with Crippen LogP contribution in [-0.2, 0) is 4.79 Å². The summed E-state index contributed by atoms with van der Waals surface area (Å²) in [7, 11) is 0. The molecular weight excluding hydrogens is 228 g/mol. The van der Waals surface area contributed by atoms with Crippen LogP contribution in [-0.4, -0.2) is 18.2 Å². The molecule has 18 heavy (non-hydrogen) atoms. The fourth-order valence-corrected chi connectivity index (χ4v) is 1.76. The first-order chi connectivity index (χ1) is 8.79. The molecule has 1 aromatic carbocycles. The third kappa shape index (κ3) is 3.32. The second kappa shape index (κ2) is 6.19. The molecule has 1 heterocycles. The minimum Gasteiger partial charge on any atom is -0.494 e. The first kappa shape index (κ1) is 12.6. The van der Waals surface area contributed by atoms with E-state index < -0.39 is 0 Å². The summed E-state index contributed by atoms with van der Waals surface area (Å²) >= 11 is 0. The van der Waals surface area contributed by atoms with Gasteiger partial charge in [-0.05, 0) is 36.2 Å². The average Bonchev–Trinajstić information content (AvgIpc) is 2.41. The molecule has 1 aromatic rings. The van der Waals surface area contributed by atoms with Crippen LogP contribution in [0.25, 0.3) is 0 Å². The fraction of sp³-hybridized carbons (Fsp3) is 0.429. The Balaban J connectivity index is 1.97. The Labute approximate surface area is 107 Å². The highest BCUT2D eigenvalue weighted by molar-refractivity contribution is 6.04. The molecule has 1 N–H and O–H groups in total. The van der Waals surface area contributed by atoms with Crippen LogP contribution in [0, 0.1) is 0 Å². The van der Waals surface area contributed by atoms with Crippen LogP contribution in [0.3, 0.4) is 0 Å². The van der Waals surface area contributed by atoms with E-state index in [1.54, 1.807) is 0 Å². The Morgan fingerprint density at radius 3 is 2.67 bits per heavy atom. The van der Waals surface area contributed by atoms with E-state index in [0.717, 1.165) is 36.5 Å². The Morgan fingerprint density at radius 1 is 1.28 bits per heavy atom. The molecule has 0 saturated carbocycles. The molecule has 0 fully saturated rings. The third-order valence-corrected chi connectivity index (χ3v) is 2.86. The van der Waals surface area contributed by atoms with Crippen molar-refractivity contribution in [1.82, 2.24) is 5.43 Å². The summed E-state index contributed by atoms with van der Waals surface area (Å²) < 4.78 is 5.60. The molecule has 0 radical (unpaired) electrons. The lowest BCUT2D eigenvalue weighted by Crippen LogP contribution is -2.25. The number of hydrogen-bond donors (Lipinski definition) is 1. The van der Waals surface area contributed by atoms with Crippen molar-refractivity contribution in [1.29, 1.82) is 0 Å². The van der Waals surface area contributed by atoms with Crippen LogP contribution in [0.1, 0.15) is 38.2 Å². The molecule has 0 atom stereocenters. The fourth-order valence-electron chi connectivity index (χ4n) is 1.76. The van der Waals surface area contributed by atoms with Crippen molar-refractivity contribution in [3.8, 4) is 5.75 Å². The zero-order valence-corrected chi connectivity index (χ0v) is 10.6. The summed E-state index contributed by atoms with van der Waals surface area (Å²) in [6, 6.07) is 7.86. The van der Waals surface area contributed by atoms with E-state index >= 15 is 0 Å². The quantitative estimate of drug-likeness (QED) is 0.811. The van der Waals surface area contributed by atoms with Gasteiger partial charge in [0.15, 0.2) is 0 Å². The summed E-state index contributed by atoms with van der Waals surface area (Å²) in [6.07, 6.45) is 3.41. The topological polar surface area (TPSA) is 50.7 Å². The number of nitrogens with one attached hydrogen (secondary N) is 1. The Bertz CT molecular complexity index is 438. The van der Waals surface area contributed by atoms with Gasteiger partial charge in [0.25, 0.3) is 0 Å². The maximum atomic E-state index is 11.0. The number of amides is 1. The van der Waals surface area contributed by atoms with Gasteiger partial charge in [0.2, 0.25) is 5.91 Å². The molecule has 0 spiro atoms. The largest absolute Gasteiger partial charge is 0.494 e. The lowest BCUT2D eigenvalue weighted by molar-refractivity contribution is -0.121. The number of hydrogen-bond acceptors (Lipinski definition) is 3. The van der Waals surface area contributed by atoms with Crippen LogP contribution < -0.4 is 10.2 Å². The molecule has 0 bridgehead atoms. The summed E-state index contributed by atoms with van der Waals surface area (Å²) in [5.74, 6) is 0.867. The number of benzene rings is 1. The van der Waals surface area contributed by atoms with Crippen LogP contribution in [0.15, 0.2) is 29.4 Å². The van der Waals surface area contributed by atoms with Crippen molar-refractivity contribution in [3.05, 3.63) is 29.8 Å². The molecule has 0 saturated heterocycles. The molecule has 1 amide bonds. The van der Waals surface area contributed by atoms with Gasteiger partial charge >= 0.3 is 0 Å². The molecule has 1 aliphatic heterocycles. The second-order valence-corrected chi connectivity index (χ2v) is 4.32. The van der Waals surface area contributed by atoms with Crippen molar-refractivity contribution >= 4 is 11.6 Å². The number of rotatable bonds is 5. The molecular formula is C14H18N2O2. The van der Waals surface area contributed by atoms with E-state index in [-0.39, 0.29) is 5.91 Å². The monoisotopic (exact) mass is 246 g/mol. The standard InChI is InChI=1S/C14H18N2O2/c1-2-3-10-18-12-6-4-11(5-7-12)13-8-9-14(17)16-15-13/h4-7H,2-3,8-10H2,1H3,(H,16,17). The van der Waals surface area contributed by atoms with Crippen molar-refractivity contribution in [2.75, 3.05) is 6.61 Å². The van der Waals surface area contributed by atoms with E-state index in [4.69, 9.17) is 4.74 Å². The highest BCUT2D eigenvalue weighted by Crippen LogP contribution is 2.16. The van der Waals surface area contributed by atoms with E-state index in [0.29, 0.717) is 12.8 Å². The van der Waals surface area contributed by atoms with Crippen LogP contribution in [0.2, 0.25) is 0 Å². The van der Waals surface area contributed by atoms with Gasteiger partial charge in [-0.3, -0.25) is 4.79 Å². The molecule has 0 unspecified atom stereocenters. The van der Waals surface area contributed by atoms with E-state index in [2.05, 4.69) is 17.5 Å². The van der Waals surface area contributed by atoms with E-state index in [1.807, 2.05) is 24.3 Å². The van der Waals surface area contributed by atoms with Gasteiger partial charge < -0.3 is 4.74 Å². The van der Waals surface area contributed by atoms with Gasteiger partial charge in [-0.2, -0.15) is 5.10 Å². The molecule has 1 aliphatic rings. The Kier molecular flexibility index (Phi) is 4.34. The highest BCUT2D eigenvalue weighted by Gasteiger charge is 2.12. The van der Waals surface area contributed by atoms with Gasteiger partial charge in [-0.25, -0.2) is 5.43 Å². The molecule has 0 aromatic heterocycles. The predicted molar refractivity (Wildman–Crippen MR) is 70.8 cm³/mol. The highest BCUT2D eigenvalue weighted by atomic mass is 16.5. The SMILES string of the molecule is CCCCOc1ccc(C2=NNC(=O)CC2)cc1.